The molecule has 1 N–H and O–H groups in total. The maximum atomic E-state index is 14.2. The highest BCUT2D eigenvalue weighted by molar-refractivity contribution is 7.16. The zero-order valence-electron chi connectivity index (χ0n) is 18.0. The molecular formula is C25H28ClFN2S. The van der Waals surface area contributed by atoms with Gasteiger partial charge in [-0.2, -0.15) is 0 Å². The summed E-state index contributed by atoms with van der Waals surface area (Å²) in [7, 11) is 0. The molecule has 1 aromatic heterocycles. The van der Waals surface area contributed by atoms with Gasteiger partial charge in [0.15, 0.2) is 5.13 Å². The molecule has 0 radical (unpaired) electrons. The largest absolute Gasteiger partial charge is 0.355 e. The predicted octanol–water partition coefficient (Wildman–Crippen LogP) is 8.04. The van der Waals surface area contributed by atoms with Crippen LogP contribution in [0.25, 0.3) is 11.3 Å². The lowest BCUT2D eigenvalue weighted by atomic mass is 10.00. The molecule has 1 heterocycles. The molecule has 0 aliphatic heterocycles. The van der Waals surface area contributed by atoms with Gasteiger partial charge in [0, 0.05) is 10.4 Å². The molecule has 158 valence electrons. The van der Waals surface area contributed by atoms with Crippen LogP contribution in [0.1, 0.15) is 59.4 Å². The van der Waals surface area contributed by atoms with Gasteiger partial charge in [-0.1, -0.05) is 43.5 Å². The number of hydrogen-bond donors (Lipinski definition) is 1. The lowest BCUT2D eigenvalue weighted by molar-refractivity contribution is 0.598. The molecule has 1 aliphatic carbocycles. The molecule has 1 atom stereocenters. The minimum Gasteiger partial charge on any atom is -0.355 e. The van der Waals surface area contributed by atoms with Crippen LogP contribution in [0.2, 0.25) is 5.02 Å². The van der Waals surface area contributed by atoms with Crippen LogP contribution >= 0.6 is 22.9 Å². The van der Waals surface area contributed by atoms with Crippen molar-refractivity contribution < 1.29 is 4.39 Å². The third kappa shape index (κ3) is 4.55. The van der Waals surface area contributed by atoms with E-state index >= 15 is 0 Å². The minimum atomic E-state index is -0.149. The first kappa shape index (κ1) is 21.3. The van der Waals surface area contributed by atoms with Crippen LogP contribution in [0.15, 0.2) is 30.3 Å². The topological polar surface area (TPSA) is 24.9 Å². The van der Waals surface area contributed by atoms with Gasteiger partial charge in [-0.15, -0.1) is 11.3 Å². The summed E-state index contributed by atoms with van der Waals surface area (Å²) >= 11 is 8.25. The summed E-state index contributed by atoms with van der Waals surface area (Å²) in [6.07, 6.45) is 4.48. The van der Waals surface area contributed by atoms with Gasteiger partial charge in [-0.3, -0.25) is 0 Å². The van der Waals surface area contributed by atoms with E-state index in [0.717, 1.165) is 44.7 Å². The van der Waals surface area contributed by atoms with E-state index < -0.39 is 0 Å². The molecular weight excluding hydrogens is 415 g/mol. The Balaban J connectivity index is 1.64. The molecule has 0 bridgehead atoms. The van der Waals surface area contributed by atoms with Crippen LogP contribution in [0, 0.1) is 32.5 Å². The van der Waals surface area contributed by atoms with Gasteiger partial charge in [0.05, 0.1) is 16.8 Å². The Morgan fingerprint density at radius 1 is 1.17 bits per heavy atom. The van der Waals surface area contributed by atoms with E-state index in [-0.39, 0.29) is 11.9 Å². The third-order valence-corrected chi connectivity index (χ3v) is 7.23. The lowest BCUT2D eigenvalue weighted by Crippen LogP contribution is -2.12. The first-order chi connectivity index (χ1) is 14.4. The van der Waals surface area contributed by atoms with Gasteiger partial charge in [-0.05, 0) is 80.0 Å². The van der Waals surface area contributed by atoms with E-state index in [0.29, 0.717) is 11.5 Å². The number of aryl methyl sites for hydroxylation is 4. The van der Waals surface area contributed by atoms with Crippen molar-refractivity contribution >= 4 is 28.1 Å². The molecule has 1 saturated carbocycles. The van der Waals surface area contributed by atoms with Crippen LogP contribution in [0.5, 0.6) is 0 Å². The normalized spacial score (nSPS) is 14.7. The van der Waals surface area contributed by atoms with Gasteiger partial charge in [0.25, 0.3) is 0 Å². The number of aromatic nitrogens is 1. The smallest absolute Gasteiger partial charge is 0.183 e. The molecule has 0 amide bonds. The molecule has 1 aliphatic rings. The van der Waals surface area contributed by atoms with Crippen LogP contribution in [-0.4, -0.2) is 4.98 Å². The Morgan fingerprint density at radius 3 is 2.60 bits per heavy atom. The molecule has 30 heavy (non-hydrogen) atoms. The van der Waals surface area contributed by atoms with E-state index in [9.17, 15) is 4.39 Å². The fourth-order valence-corrected chi connectivity index (χ4v) is 5.09. The van der Waals surface area contributed by atoms with Gasteiger partial charge in [-0.25, -0.2) is 9.37 Å². The fraction of sp³-hybridized carbons (Fsp3) is 0.400. The summed E-state index contributed by atoms with van der Waals surface area (Å²) in [5, 5.41) is 5.21. The summed E-state index contributed by atoms with van der Waals surface area (Å²) in [4.78, 5) is 6.03. The number of rotatable bonds is 7. The molecule has 1 fully saturated rings. The van der Waals surface area contributed by atoms with E-state index in [2.05, 4.69) is 38.2 Å². The van der Waals surface area contributed by atoms with Gasteiger partial charge >= 0.3 is 0 Å². The maximum Gasteiger partial charge on any atom is 0.183 e. The first-order valence-corrected chi connectivity index (χ1v) is 11.8. The molecule has 2 aromatic carbocycles. The second-order valence-electron chi connectivity index (χ2n) is 8.42. The standard InChI is InChI=1S/C25H28ClFN2S/c1-5-18-12-21(26)20(10-15(18)3)24-16(4)30-25(29-24)28-23(11-17-7-8-17)19-9-6-14(2)22(27)13-19/h6,9-10,12-13,17,23H,5,7-8,11H2,1-4H3,(H,28,29). The van der Waals surface area contributed by atoms with Crippen molar-refractivity contribution in [1.82, 2.24) is 4.98 Å². The summed E-state index contributed by atoms with van der Waals surface area (Å²) in [6, 6.07) is 9.82. The van der Waals surface area contributed by atoms with Crippen molar-refractivity contribution in [3.8, 4) is 11.3 Å². The third-order valence-electron chi connectivity index (χ3n) is 6.02. The van der Waals surface area contributed by atoms with Crippen molar-refractivity contribution in [3.05, 3.63) is 68.3 Å². The highest BCUT2D eigenvalue weighted by atomic mass is 35.5. The fourth-order valence-electron chi connectivity index (χ4n) is 3.93. The molecule has 2 nitrogen and oxygen atoms in total. The second kappa shape index (κ2) is 8.68. The van der Waals surface area contributed by atoms with Crippen molar-refractivity contribution in [2.24, 2.45) is 5.92 Å². The average molecular weight is 443 g/mol. The number of anilines is 1. The zero-order chi connectivity index (χ0) is 21.4. The Bertz CT molecular complexity index is 1070. The number of nitrogens with one attached hydrogen (secondary N) is 1. The molecule has 5 heteroatoms. The molecule has 0 saturated heterocycles. The Kier molecular flexibility index (Phi) is 6.17. The molecule has 4 rings (SSSR count). The van der Waals surface area contributed by atoms with E-state index in [1.54, 1.807) is 24.3 Å². The van der Waals surface area contributed by atoms with Crippen molar-refractivity contribution in [2.75, 3.05) is 5.32 Å². The van der Waals surface area contributed by atoms with Gasteiger partial charge in [0.1, 0.15) is 5.82 Å². The molecule has 1 unspecified atom stereocenters. The monoisotopic (exact) mass is 442 g/mol. The van der Waals surface area contributed by atoms with Gasteiger partial charge in [0.2, 0.25) is 0 Å². The first-order valence-electron chi connectivity index (χ1n) is 10.6. The number of halogens is 2. The Hall–Kier alpha value is -1.91. The van der Waals surface area contributed by atoms with Crippen molar-refractivity contribution in [1.29, 1.82) is 0 Å². The van der Waals surface area contributed by atoms with Crippen molar-refractivity contribution in [3.63, 3.8) is 0 Å². The van der Waals surface area contributed by atoms with Crippen LogP contribution < -0.4 is 5.32 Å². The van der Waals surface area contributed by atoms with Crippen LogP contribution in [0.3, 0.4) is 0 Å². The average Bonchev–Trinajstić information content (AvgIpc) is 3.46. The zero-order valence-corrected chi connectivity index (χ0v) is 19.6. The number of benzene rings is 2. The summed E-state index contributed by atoms with van der Waals surface area (Å²) in [5.41, 5.74) is 6.07. The summed E-state index contributed by atoms with van der Waals surface area (Å²) in [6.45, 7) is 8.15. The SMILES string of the molecule is CCc1cc(Cl)c(-c2nc(NC(CC3CC3)c3ccc(C)c(F)c3)sc2C)cc1C. The Morgan fingerprint density at radius 2 is 1.93 bits per heavy atom. The van der Waals surface area contributed by atoms with E-state index in [1.807, 2.05) is 12.1 Å². The van der Waals surface area contributed by atoms with E-state index in [1.165, 1.54) is 24.0 Å². The second-order valence-corrected chi connectivity index (χ2v) is 10.0. The quantitative estimate of drug-likeness (QED) is 0.400. The summed E-state index contributed by atoms with van der Waals surface area (Å²) in [5.74, 6) is 0.565. The minimum absolute atomic E-state index is 0.0608. The lowest BCUT2D eigenvalue weighted by Gasteiger charge is -2.19. The van der Waals surface area contributed by atoms with Crippen LogP contribution in [0.4, 0.5) is 9.52 Å². The van der Waals surface area contributed by atoms with Crippen molar-refractivity contribution in [2.45, 2.75) is 59.4 Å². The predicted molar refractivity (Wildman–Crippen MR) is 126 cm³/mol. The summed E-state index contributed by atoms with van der Waals surface area (Å²) < 4.78 is 14.2. The highest BCUT2D eigenvalue weighted by Gasteiger charge is 2.27. The number of hydrogen-bond acceptors (Lipinski definition) is 3. The van der Waals surface area contributed by atoms with Gasteiger partial charge < -0.3 is 5.32 Å². The Labute approximate surface area is 187 Å². The number of thiazole rings is 1. The van der Waals surface area contributed by atoms with Crippen LogP contribution in [-0.2, 0) is 6.42 Å². The maximum absolute atomic E-state index is 14.2. The van der Waals surface area contributed by atoms with E-state index in [4.69, 9.17) is 16.6 Å². The number of nitrogens with zero attached hydrogens (tertiary/aromatic N) is 1. The molecule has 0 spiro atoms. The highest BCUT2D eigenvalue weighted by Crippen LogP contribution is 2.41. The molecule has 3 aromatic rings.